The van der Waals surface area contributed by atoms with Gasteiger partial charge in [-0.25, -0.2) is 9.97 Å². The average molecular weight is 333 g/mol. The van der Waals surface area contributed by atoms with E-state index in [2.05, 4.69) is 30.1 Å². The molecular weight excluding hydrogens is 312 g/mol. The zero-order valence-electron chi connectivity index (χ0n) is 13.5. The molecule has 2 aromatic heterocycles. The van der Waals surface area contributed by atoms with E-state index in [0.717, 1.165) is 50.1 Å². The lowest BCUT2D eigenvalue weighted by Crippen LogP contribution is -2.47. The Bertz CT molecular complexity index is 669. The molecule has 122 valence electrons. The molecule has 0 radical (unpaired) electrons. The molecule has 0 atom stereocenters. The van der Waals surface area contributed by atoms with E-state index in [9.17, 15) is 0 Å². The predicted molar refractivity (Wildman–Crippen MR) is 94.6 cm³/mol. The van der Waals surface area contributed by atoms with Crippen molar-refractivity contribution in [1.29, 1.82) is 0 Å². The lowest BCUT2D eigenvalue weighted by molar-refractivity contribution is 0.641. The van der Waals surface area contributed by atoms with Crippen LogP contribution in [0, 0.1) is 6.92 Å². The minimum atomic E-state index is 0.692. The molecule has 0 saturated carbocycles. The second-order valence-corrected chi connectivity index (χ2v) is 5.91. The quantitative estimate of drug-likeness (QED) is 0.928. The van der Waals surface area contributed by atoms with Gasteiger partial charge < -0.3 is 15.1 Å². The van der Waals surface area contributed by atoms with E-state index in [1.54, 1.807) is 6.20 Å². The van der Waals surface area contributed by atoms with Gasteiger partial charge >= 0.3 is 0 Å². The van der Waals surface area contributed by atoms with Gasteiger partial charge in [0, 0.05) is 50.7 Å². The van der Waals surface area contributed by atoms with Crippen LogP contribution in [0.1, 0.15) is 12.6 Å². The molecule has 0 amide bonds. The van der Waals surface area contributed by atoms with Gasteiger partial charge in [0.05, 0.1) is 5.02 Å². The van der Waals surface area contributed by atoms with Crippen LogP contribution in [-0.2, 0) is 0 Å². The van der Waals surface area contributed by atoms with Crippen molar-refractivity contribution in [1.82, 2.24) is 15.0 Å². The largest absolute Gasteiger partial charge is 0.354 e. The van der Waals surface area contributed by atoms with Gasteiger partial charge in [0.25, 0.3) is 0 Å². The number of anilines is 3. The molecule has 7 heteroatoms. The summed E-state index contributed by atoms with van der Waals surface area (Å²) < 4.78 is 0. The number of aromatic nitrogens is 3. The second-order valence-electron chi connectivity index (χ2n) is 5.50. The number of aryl methyl sites for hydroxylation is 1. The summed E-state index contributed by atoms with van der Waals surface area (Å²) in [5.74, 6) is 2.53. The Labute approximate surface area is 141 Å². The Morgan fingerprint density at radius 2 is 1.91 bits per heavy atom. The van der Waals surface area contributed by atoms with Crippen LogP contribution in [0.4, 0.5) is 17.6 Å². The molecule has 1 aliphatic heterocycles. The van der Waals surface area contributed by atoms with Crippen LogP contribution in [0.15, 0.2) is 24.4 Å². The van der Waals surface area contributed by atoms with Gasteiger partial charge in [0.1, 0.15) is 11.6 Å². The Morgan fingerprint density at radius 1 is 1.17 bits per heavy atom. The summed E-state index contributed by atoms with van der Waals surface area (Å²) in [5, 5.41) is 3.89. The molecule has 1 N–H and O–H groups in total. The molecule has 2 aromatic rings. The average Bonchev–Trinajstić information content (AvgIpc) is 2.55. The van der Waals surface area contributed by atoms with Crippen molar-refractivity contribution in [3.8, 4) is 0 Å². The standard InChI is InChI=1S/C16H21ClN6/c1-3-18-16-20-12(2)11-14(21-16)22-7-9-23(10-8-22)15-13(17)5-4-6-19-15/h4-6,11H,3,7-10H2,1-2H3,(H,18,20,21). The summed E-state index contributed by atoms with van der Waals surface area (Å²) in [6.07, 6.45) is 1.78. The molecule has 23 heavy (non-hydrogen) atoms. The molecule has 3 rings (SSSR count). The minimum absolute atomic E-state index is 0.692. The van der Waals surface area contributed by atoms with E-state index >= 15 is 0 Å². The highest BCUT2D eigenvalue weighted by atomic mass is 35.5. The number of piperazine rings is 1. The van der Waals surface area contributed by atoms with Crippen molar-refractivity contribution in [3.05, 3.63) is 35.1 Å². The van der Waals surface area contributed by atoms with E-state index < -0.39 is 0 Å². The van der Waals surface area contributed by atoms with Crippen molar-refractivity contribution in [2.45, 2.75) is 13.8 Å². The number of pyridine rings is 1. The molecule has 0 aliphatic carbocycles. The van der Waals surface area contributed by atoms with E-state index in [0.29, 0.717) is 11.0 Å². The zero-order chi connectivity index (χ0) is 16.2. The third-order valence-electron chi connectivity index (χ3n) is 3.82. The fourth-order valence-corrected chi connectivity index (χ4v) is 2.95. The maximum absolute atomic E-state index is 6.24. The van der Waals surface area contributed by atoms with Crippen LogP contribution in [0.2, 0.25) is 5.02 Å². The van der Waals surface area contributed by atoms with Gasteiger partial charge in [-0.15, -0.1) is 0 Å². The van der Waals surface area contributed by atoms with Gasteiger partial charge in [-0.1, -0.05) is 11.6 Å². The molecule has 0 spiro atoms. The highest BCUT2D eigenvalue weighted by Crippen LogP contribution is 2.24. The highest BCUT2D eigenvalue weighted by Gasteiger charge is 2.21. The topological polar surface area (TPSA) is 57.2 Å². The summed E-state index contributed by atoms with van der Waals surface area (Å²) in [7, 11) is 0. The molecule has 1 aliphatic rings. The smallest absolute Gasteiger partial charge is 0.224 e. The number of hydrogen-bond donors (Lipinski definition) is 1. The van der Waals surface area contributed by atoms with Crippen molar-refractivity contribution in [2.24, 2.45) is 0 Å². The minimum Gasteiger partial charge on any atom is -0.354 e. The summed E-state index contributed by atoms with van der Waals surface area (Å²) in [4.78, 5) is 17.9. The molecule has 3 heterocycles. The Balaban J connectivity index is 1.71. The summed E-state index contributed by atoms with van der Waals surface area (Å²) >= 11 is 6.24. The van der Waals surface area contributed by atoms with Crippen LogP contribution in [0.25, 0.3) is 0 Å². The van der Waals surface area contributed by atoms with Crippen LogP contribution in [0.5, 0.6) is 0 Å². The zero-order valence-corrected chi connectivity index (χ0v) is 14.2. The van der Waals surface area contributed by atoms with Gasteiger partial charge in [-0.2, -0.15) is 4.98 Å². The van der Waals surface area contributed by atoms with Crippen molar-refractivity contribution in [2.75, 3.05) is 47.8 Å². The fraction of sp³-hybridized carbons (Fsp3) is 0.438. The third kappa shape index (κ3) is 3.64. The second kappa shape index (κ2) is 7.00. The van der Waals surface area contributed by atoms with E-state index in [1.807, 2.05) is 32.0 Å². The first-order valence-corrected chi connectivity index (χ1v) is 8.25. The summed E-state index contributed by atoms with van der Waals surface area (Å²) in [6, 6.07) is 5.77. The first kappa shape index (κ1) is 15.8. The van der Waals surface area contributed by atoms with E-state index in [4.69, 9.17) is 11.6 Å². The number of nitrogens with one attached hydrogen (secondary N) is 1. The first-order valence-electron chi connectivity index (χ1n) is 7.87. The predicted octanol–water partition coefficient (Wildman–Crippen LogP) is 2.59. The molecule has 6 nitrogen and oxygen atoms in total. The van der Waals surface area contributed by atoms with Crippen LogP contribution in [0.3, 0.4) is 0 Å². The molecule has 0 bridgehead atoms. The SMILES string of the molecule is CCNc1nc(C)cc(N2CCN(c3ncccc3Cl)CC2)n1. The van der Waals surface area contributed by atoms with Crippen molar-refractivity contribution < 1.29 is 0 Å². The van der Waals surface area contributed by atoms with Gasteiger partial charge in [0.15, 0.2) is 0 Å². The number of nitrogens with zero attached hydrogens (tertiary/aromatic N) is 5. The van der Waals surface area contributed by atoms with Crippen molar-refractivity contribution in [3.63, 3.8) is 0 Å². The van der Waals surface area contributed by atoms with Gasteiger partial charge in [0.2, 0.25) is 5.95 Å². The summed E-state index contributed by atoms with van der Waals surface area (Å²) in [6.45, 7) is 8.36. The first-order chi connectivity index (χ1) is 11.2. The number of rotatable bonds is 4. The lowest BCUT2D eigenvalue weighted by Gasteiger charge is -2.36. The number of hydrogen-bond acceptors (Lipinski definition) is 6. The molecule has 0 aromatic carbocycles. The number of halogens is 1. The van der Waals surface area contributed by atoms with Crippen LogP contribution < -0.4 is 15.1 Å². The Kier molecular flexibility index (Phi) is 4.81. The highest BCUT2D eigenvalue weighted by molar-refractivity contribution is 6.32. The lowest BCUT2D eigenvalue weighted by atomic mass is 10.3. The Morgan fingerprint density at radius 3 is 2.61 bits per heavy atom. The molecular formula is C16H21ClN6. The maximum atomic E-state index is 6.24. The fourth-order valence-electron chi connectivity index (χ4n) is 2.71. The van der Waals surface area contributed by atoms with Crippen molar-refractivity contribution >= 4 is 29.2 Å². The molecule has 1 saturated heterocycles. The molecule has 1 fully saturated rings. The van der Waals surface area contributed by atoms with Gasteiger partial charge in [-0.05, 0) is 26.0 Å². The Hall–Kier alpha value is -2.08. The monoisotopic (exact) mass is 332 g/mol. The molecule has 0 unspecified atom stereocenters. The van der Waals surface area contributed by atoms with Gasteiger partial charge in [-0.3, -0.25) is 0 Å². The summed E-state index contributed by atoms with van der Waals surface area (Å²) in [5.41, 5.74) is 0.973. The van der Waals surface area contributed by atoms with Crippen LogP contribution >= 0.6 is 11.6 Å². The van der Waals surface area contributed by atoms with E-state index in [1.165, 1.54) is 0 Å². The maximum Gasteiger partial charge on any atom is 0.224 e. The normalized spacial score (nSPS) is 14.9. The third-order valence-corrected chi connectivity index (χ3v) is 4.11. The van der Waals surface area contributed by atoms with E-state index in [-0.39, 0.29) is 0 Å². The van der Waals surface area contributed by atoms with Crippen LogP contribution in [-0.4, -0.2) is 47.7 Å².